The number of nitrogens with two attached hydrogens (primary N) is 1. The lowest BCUT2D eigenvalue weighted by Gasteiger charge is -2.16. The first-order valence-electron chi connectivity index (χ1n) is 6.45. The molecule has 0 fully saturated rings. The van der Waals surface area contributed by atoms with Gasteiger partial charge in [0.15, 0.2) is 0 Å². The third-order valence-electron chi connectivity index (χ3n) is 3.08. The lowest BCUT2D eigenvalue weighted by Crippen LogP contribution is -2.05. The maximum atomic E-state index is 6.03. The van der Waals surface area contributed by atoms with E-state index in [9.17, 15) is 0 Å². The first-order chi connectivity index (χ1) is 9.40. The van der Waals surface area contributed by atoms with Gasteiger partial charge in [-0.3, -0.25) is 0 Å². The smallest absolute Gasteiger partial charge is 0.227 e. The predicted octanol–water partition coefficient (Wildman–Crippen LogP) is 4.24. The van der Waals surface area contributed by atoms with E-state index in [0.717, 1.165) is 22.4 Å². The Labute approximate surface area is 124 Å². The molecule has 4 nitrogen and oxygen atoms in total. The third-order valence-corrected chi connectivity index (χ3v) is 3.30. The van der Waals surface area contributed by atoms with Crippen LogP contribution in [0.2, 0.25) is 5.02 Å². The van der Waals surface area contributed by atoms with Crippen LogP contribution in [0.1, 0.15) is 36.5 Å². The maximum Gasteiger partial charge on any atom is 0.227 e. The van der Waals surface area contributed by atoms with Gasteiger partial charge in [-0.1, -0.05) is 25.4 Å². The molecule has 0 radical (unpaired) electrons. The number of aromatic nitrogens is 2. The van der Waals surface area contributed by atoms with Gasteiger partial charge in [-0.05, 0) is 43.0 Å². The van der Waals surface area contributed by atoms with E-state index >= 15 is 0 Å². The highest BCUT2D eigenvalue weighted by molar-refractivity contribution is 6.30. The number of halogens is 1. The summed E-state index contributed by atoms with van der Waals surface area (Å²) in [6.07, 6.45) is 1.41. The van der Waals surface area contributed by atoms with Crippen molar-refractivity contribution in [3.63, 3.8) is 0 Å². The van der Waals surface area contributed by atoms with Gasteiger partial charge in [-0.25, -0.2) is 9.97 Å². The van der Waals surface area contributed by atoms with Crippen molar-refractivity contribution in [2.24, 2.45) is 0 Å². The Kier molecular flexibility index (Phi) is 4.14. The molecule has 0 saturated carbocycles. The first kappa shape index (κ1) is 14.6. The standard InChI is InChI=1S/C15H18ClN3O/c1-8(2)12-14(17)18-7-19-15(12)20-13-9(3)5-11(16)6-10(13)4/h5-8H,1-4H3,(H2,17,18,19). The second kappa shape index (κ2) is 5.67. The highest BCUT2D eigenvalue weighted by Crippen LogP contribution is 2.35. The third kappa shape index (κ3) is 2.85. The molecule has 2 N–H and O–H groups in total. The fourth-order valence-electron chi connectivity index (χ4n) is 2.17. The molecule has 1 aromatic carbocycles. The number of aryl methyl sites for hydroxylation is 2. The number of anilines is 1. The van der Waals surface area contributed by atoms with Crippen molar-refractivity contribution < 1.29 is 4.74 Å². The summed E-state index contributed by atoms with van der Waals surface area (Å²) in [6, 6.07) is 3.73. The lowest BCUT2D eigenvalue weighted by molar-refractivity contribution is 0.445. The molecule has 1 aromatic heterocycles. The zero-order valence-electron chi connectivity index (χ0n) is 12.1. The molecule has 1 heterocycles. The minimum atomic E-state index is 0.180. The quantitative estimate of drug-likeness (QED) is 0.918. The Balaban J connectivity index is 2.48. The normalized spacial score (nSPS) is 10.9. The van der Waals surface area contributed by atoms with Crippen molar-refractivity contribution >= 4 is 17.4 Å². The Bertz CT molecular complexity index is 618. The van der Waals surface area contributed by atoms with Gasteiger partial charge in [0.25, 0.3) is 0 Å². The largest absolute Gasteiger partial charge is 0.438 e. The SMILES string of the molecule is Cc1cc(Cl)cc(C)c1Oc1ncnc(N)c1C(C)C. The summed E-state index contributed by atoms with van der Waals surface area (Å²) in [4.78, 5) is 8.24. The summed E-state index contributed by atoms with van der Waals surface area (Å²) in [7, 11) is 0. The maximum absolute atomic E-state index is 6.03. The van der Waals surface area contributed by atoms with Gasteiger partial charge in [0.1, 0.15) is 17.9 Å². The van der Waals surface area contributed by atoms with Crippen molar-refractivity contribution in [1.29, 1.82) is 0 Å². The fourth-order valence-corrected chi connectivity index (χ4v) is 2.50. The Morgan fingerprint density at radius 2 is 1.75 bits per heavy atom. The van der Waals surface area contributed by atoms with Gasteiger partial charge in [0.05, 0.1) is 5.56 Å². The number of hydrogen-bond donors (Lipinski definition) is 1. The molecule has 0 aliphatic carbocycles. The van der Waals surface area contributed by atoms with E-state index in [1.54, 1.807) is 0 Å². The molecule has 0 atom stereocenters. The number of benzene rings is 1. The van der Waals surface area contributed by atoms with Crippen LogP contribution < -0.4 is 10.5 Å². The Morgan fingerprint density at radius 1 is 1.15 bits per heavy atom. The highest BCUT2D eigenvalue weighted by Gasteiger charge is 2.16. The molecule has 0 aliphatic rings. The highest BCUT2D eigenvalue weighted by atomic mass is 35.5. The molecular formula is C15H18ClN3O. The molecule has 0 bridgehead atoms. The molecule has 0 unspecified atom stereocenters. The van der Waals surface area contributed by atoms with Crippen LogP contribution >= 0.6 is 11.6 Å². The van der Waals surface area contributed by atoms with Crippen molar-refractivity contribution in [3.8, 4) is 11.6 Å². The second-order valence-corrected chi connectivity index (χ2v) is 5.54. The van der Waals surface area contributed by atoms with E-state index in [2.05, 4.69) is 9.97 Å². The molecule has 0 spiro atoms. The topological polar surface area (TPSA) is 61.0 Å². The molecule has 0 aliphatic heterocycles. The van der Waals surface area contributed by atoms with Crippen molar-refractivity contribution in [3.05, 3.63) is 40.2 Å². The molecule has 2 rings (SSSR count). The summed E-state index contributed by atoms with van der Waals surface area (Å²) in [5.74, 6) is 1.89. The first-order valence-corrected chi connectivity index (χ1v) is 6.83. The van der Waals surface area contributed by atoms with E-state index in [4.69, 9.17) is 22.1 Å². The van der Waals surface area contributed by atoms with Crippen LogP contribution in [0.15, 0.2) is 18.5 Å². The minimum Gasteiger partial charge on any atom is -0.438 e. The number of ether oxygens (including phenoxy) is 1. The van der Waals surface area contributed by atoms with Gasteiger partial charge < -0.3 is 10.5 Å². The fraction of sp³-hybridized carbons (Fsp3) is 0.333. The number of hydrogen-bond acceptors (Lipinski definition) is 4. The van der Waals surface area contributed by atoms with E-state index in [0.29, 0.717) is 16.7 Å². The lowest BCUT2D eigenvalue weighted by atomic mass is 10.1. The number of nitrogen functional groups attached to an aromatic ring is 1. The molecule has 0 amide bonds. The van der Waals surface area contributed by atoms with Gasteiger partial charge in [-0.15, -0.1) is 0 Å². The van der Waals surface area contributed by atoms with E-state index < -0.39 is 0 Å². The van der Waals surface area contributed by atoms with Crippen LogP contribution in [0.5, 0.6) is 11.6 Å². The molecule has 20 heavy (non-hydrogen) atoms. The van der Waals surface area contributed by atoms with Crippen molar-refractivity contribution in [2.75, 3.05) is 5.73 Å². The minimum absolute atomic E-state index is 0.180. The monoisotopic (exact) mass is 291 g/mol. The van der Waals surface area contributed by atoms with Crippen LogP contribution in [0.25, 0.3) is 0 Å². The van der Waals surface area contributed by atoms with E-state index in [1.807, 2.05) is 39.8 Å². The second-order valence-electron chi connectivity index (χ2n) is 5.10. The van der Waals surface area contributed by atoms with Crippen LogP contribution in [-0.2, 0) is 0 Å². The van der Waals surface area contributed by atoms with Crippen LogP contribution in [0.3, 0.4) is 0 Å². The van der Waals surface area contributed by atoms with Crippen LogP contribution in [0.4, 0.5) is 5.82 Å². The molecule has 106 valence electrons. The molecule has 0 saturated heterocycles. The summed E-state index contributed by atoms with van der Waals surface area (Å²) in [5, 5.41) is 0.693. The predicted molar refractivity (Wildman–Crippen MR) is 81.5 cm³/mol. The zero-order valence-corrected chi connectivity index (χ0v) is 12.8. The van der Waals surface area contributed by atoms with Gasteiger partial charge in [-0.2, -0.15) is 0 Å². The molecule has 2 aromatic rings. The summed E-state index contributed by atoms with van der Waals surface area (Å²) >= 11 is 6.03. The van der Waals surface area contributed by atoms with Gasteiger partial charge >= 0.3 is 0 Å². The van der Waals surface area contributed by atoms with Crippen molar-refractivity contribution in [2.45, 2.75) is 33.6 Å². The van der Waals surface area contributed by atoms with Crippen molar-refractivity contribution in [1.82, 2.24) is 9.97 Å². The van der Waals surface area contributed by atoms with E-state index in [-0.39, 0.29) is 5.92 Å². The average Bonchev–Trinajstić information content (AvgIpc) is 2.33. The van der Waals surface area contributed by atoms with E-state index in [1.165, 1.54) is 6.33 Å². The summed E-state index contributed by atoms with van der Waals surface area (Å²) in [5.41, 5.74) is 8.66. The summed E-state index contributed by atoms with van der Waals surface area (Å²) < 4.78 is 5.98. The zero-order chi connectivity index (χ0) is 14.9. The number of nitrogens with zero attached hydrogens (tertiary/aromatic N) is 2. The summed E-state index contributed by atoms with van der Waals surface area (Å²) in [6.45, 7) is 7.97. The number of rotatable bonds is 3. The van der Waals surface area contributed by atoms with Crippen LogP contribution in [0, 0.1) is 13.8 Å². The van der Waals surface area contributed by atoms with Gasteiger partial charge in [0, 0.05) is 5.02 Å². The Morgan fingerprint density at radius 3 is 2.30 bits per heavy atom. The van der Waals surface area contributed by atoms with Gasteiger partial charge in [0.2, 0.25) is 5.88 Å². The molecule has 5 heteroatoms. The Hall–Kier alpha value is -1.81. The average molecular weight is 292 g/mol. The van der Waals surface area contributed by atoms with Crippen LogP contribution in [-0.4, -0.2) is 9.97 Å². The molecular weight excluding hydrogens is 274 g/mol.